The van der Waals surface area contributed by atoms with Crippen LogP contribution in [0.25, 0.3) is 5.65 Å². The van der Waals surface area contributed by atoms with E-state index in [1.807, 2.05) is 47.6 Å². The van der Waals surface area contributed by atoms with Crippen molar-refractivity contribution in [3.63, 3.8) is 0 Å². The third-order valence-electron chi connectivity index (χ3n) is 2.10. The molecule has 0 aliphatic rings. The van der Waals surface area contributed by atoms with Crippen LogP contribution in [-0.2, 0) is 7.05 Å². The van der Waals surface area contributed by atoms with E-state index in [4.69, 9.17) is 0 Å². The minimum Gasteiger partial charge on any atom is -0.501 e. The highest BCUT2D eigenvalue weighted by atomic mass is 16.3. The van der Waals surface area contributed by atoms with E-state index in [0.717, 1.165) is 11.2 Å². The lowest BCUT2D eigenvalue weighted by molar-refractivity contribution is -0.644. The van der Waals surface area contributed by atoms with Crippen LogP contribution in [-0.4, -0.2) is 9.51 Å². The summed E-state index contributed by atoms with van der Waals surface area (Å²) in [6, 6.07) is 1.89. The number of imidazole rings is 1. The van der Waals surface area contributed by atoms with Crippen LogP contribution in [0.15, 0.2) is 24.7 Å². The number of pyridine rings is 1. The van der Waals surface area contributed by atoms with Crippen molar-refractivity contribution < 1.29 is 9.67 Å². The molecule has 0 fully saturated rings. The average molecular weight is 163 g/mol. The summed E-state index contributed by atoms with van der Waals surface area (Å²) in [5, 5.41) is 9.69. The van der Waals surface area contributed by atoms with Gasteiger partial charge in [-0.3, -0.25) is 0 Å². The first kappa shape index (κ1) is 7.16. The van der Waals surface area contributed by atoms with Gasteiger partial charge in [-0.1, -0.05) is 0 Å². The van der Waals surface area contributed by atoms with Gasteiger partial charge in [0, 0.05) is 5.56 Å². The Morgan fingerprint density at radius 3 is 2.92 bits per heavy atom. The minimum absolute atomic E-state index is 0.352. The lowest BCUT2D eigenvalue weighted by Crippen LogP contribution is -2.25. The van der Waals surface area contributed by atoms with E-state index in [0.29, 0.717) is 5.75 Å². The molecule has 3 nitrogen and oxygen atoms in total. The second kappa shape index (κ2) is 2.24. The van der Waals surface area contributed by atoms with Crippen LogP contribution in [0.5, 0.6) is 5.75 Å². The summed E-state index contributed by atoms with van der Waals surface area (Å²) in [5.41, 5.74) is 1.73. The highest BCUT2D eigenvalue weighted by molar-refractivity contribution is 5.52. The van der Waals surface area contributed by atoms with E-state index in [9.17, 15) is 5.11 Å². The monoisotopic (exact) mass is 163 g/mol. The summed E-state index contributed by atoms with van der Waals surface area (Å²) in [6.07, 6.45) is 5.76. The van der Waals surface area contributed by atoms with Crippen molar-refractivity contribution in [2.75, 3.05) is 0 Å². The highest BCUT2D eigenvalue weighted by Gasteiger charge is 2.12. The summed E-state index contributed by atoms with van der Waals surface area (Å²) in [6.45, 7) is 1.89. The molecular formula is C9H11N2O+. The molecule has 0 spiro atoms. The maximum Gasteiger partial charge on any atom is 0.329 e. The molecule has 0 aromatic carbocycles. The van der Waals surface area contributed by atoms with E-state index in [2.05, 4.69) is 0 Å². The number of aryl methyl sites for hydroxylation is 2. The Labute approximate surface area is 70.5 Å². The van der Waals surface area contributed by atoms with E-state index >= 15 is 0 Å². The highest BCUT2D eigenvalue weighted by Crippen LogP contribution is 2.19. The molecule has 0 atom stereocenters. The predicted molar refractivity (Wildman–Crippen MR) is 45.0 cm³/mol. The van der Waals surface area contributed by atoms with E-state index in [1.54, 1.807) is 0 Å². The summed E-state index contributed by atoms with van der Waals surface area (Å²) in [7, 11) is 1.91. The van der Waals surface area contributed by atoms with Gasteiger partial charge in [-0.15, -0.1) is 0 Å². The smallest absolute Gasteiger partial charge is 0.329 e. The number of nitrogens with zero attached hydrogens (tertiary/aromatic N) is 2. The fourth-order valence-electron chi connectivity index (χ4n) is 1.35. The average Bonchev–Trinajstić information content (AvgIpc) is 2.41. The molecule has 0 radical (unpaired) electrons. The molecule has 0 amide bonds. The van der Waals surface area contributed by atoms with Gasteiger partial charge in [0.05, 0.1) is 13.2 Å². The lowest BCUT2D eigenvalue weighted by atomic mass is 10.3. The van der Waals surface area contributed by atoms with E-state index in [-0.39, 0.29) is 0 Å². The zero-order valence-corrected chi connectivity index (χ0v) is 7.15. The van der Waals surface area contributed by atoms with Crippen molar-refractivity contribution in [3.05, 3.63) is 30.2 Å². The number of fused-ring (bicyclic) bond motifs is 1. The molecule has 0 aliphatic heterocycles. The van der Waals surface area contributed by atoms with Crippen molar-refractivity contribution in [3.8, 4) is 5.75 Å². The normalized spacial score (nSPS) is 10.8. The largest absolute Gasteiger partial charge is 0.501 e. The van der Waals surface area contributed by atoms with Crippen molar-refractivity contribution >= 4 is 5.65 Å². The number of aromatic nitrogens is 2. The van der Waals surface area contributed by atoms with Crippen LogP contribution in [0.4, 0.5) is 0 Å². The fraction of sp³-hybridized carbons (Fsp3) is 0.222. The molecule has 3 heteroatoms. The molecule has 62 valence electrons. The lowest BCUT2D eigenvalue weighted by Gasteiger charge is -1.96. The number of aromatic hydroxyl groups is 1. The van der Waals surface area contributed by atoms with Gasteiger partial charge in [0.2, 0.25) is 5.75 Å². The molecule has 0 saturated heterocycles. The quantitative estimate of drug-likeness (QED) is 0.571. The molecule has 2 aromatic rings. The SMILES string of the molecule is Cc1ccn2cc[n+](C)c2c1O. The van der Waals surface area contributed by atoms with Crippen molar-refractivity contribution in [2.24, 2.45) is 7.05 Å². The van der Waals surface area contributed by atoms with Gasteiger partial charge in [-0.2, -0.15) is 4.40 Å². The molecule has 0 unspecified atom stereocenters. The van der Waals surface area contributed by atoms with Crippen molar-refractivity contribution in [1.82, 2.24) is 4.40 Å². The van der Waals surface area contributed by atoms with Gasteiger partial charge in [0.25, 0.3) is 0 Å². The molecule has 0 saturated carbocycles. The van der Waals surface area contributed by atoms with Crippen molar-refractivity contribution in [2.45, 2.75) is 6.92 Å². The topological polar surface area (TPSA) is 28.5 Å². The Morgan fingerprint density at radius 2 is 2.17 bits per heavy atom. The van der Waals surface area contributed by atoms with Gasteiger partial charge < -0.3 is 5.11 Å². The molecule has 12 heavy (non-hydrogen) atoms. The third-order valence-corrected chi connectivity index (χ3v) is 2.10. The van der Waals surface area contributed by atoms with Crippen LogP contribution in [0, 0.1) is 6.92 Å². The number of rotatable bonds is 0. The summed E-state index contributed by atoms with van der Waals surface area (Å²) in [4.78, 5) is 0. The summed E-state index contributed by atoms with van der Waals surface area (Å²) >= 11 is 0. The van der Waals surface area contributed by atoms with Crippen LogP contribution >= 0.6 is 0 Å². The predicted octanol–water partition coefficient (Wildman–Crippen LogP) is 0.778. The Kier molecular flexibility index (Phi) is 1.33. The van der Waals surface area contributed by atoms with Gasteiger partial charge in [-0.25, -0.2) is 4.57 Å². The van der Waals surface area contributed by atoms with E-state index in [1.165, 1.54) is 0 Å². The molecule has 2 rings (SSSR count). The fourth-order valence-corrected chi connectivity index (χ4v) is 1.35. The third kappa shape index (κ3) is 0.794. The molecule has 0 bridgehead atoms. The Bertz CT molecular complexity index is 431. The molecule has 2 heterocycles. The number of hydrogen-bond acceptors (Lipinski definition) is 1. The van der Waals surface area contributed by atoms with Crippen molar-refractivity contribution in [1.29, 1.82) is 0 Å². The van der Waals surface area contributed by atoms with Gasteiger partial charge in [0.15, 0.2) is 0 Å². The Hall–Kier alpha value is -1.51. The Balaban J connectivity index is 2.96. The Morgan fingerprint density at radius 1 is 1.42 bits per heavy atom. The standard InChI is InChI=1S/C9H10N2O/c1-7-3-4-11-6-5-10(2)9(11)8(7)12/h3-6H,1-2H3/p+1. The minimum atomic E-state index is 0.352. The summed E-state index contributed by atoms with van der Waals surface area (Å²) < 4.78 is 3.78. The zero-order valence-electron chi connectivity index (χ0n) is 7.15. The number of hydrogen-bond donors (Lipinski definition) is 1. The molecular weight excluding hydrogens is 152 g/mol. The maximum atomic E-state index is 9.69. The van der Waals surface area contributed by atoms with Crippen LogP contribution in [0.3, 0.4) is 0 Å². The molecule has 1 N–H and O–H groups in total. The van der Waals surface area contributed by atoms with Crippen LogP contribution in [0.2, 0.25) is 0 Å². The first-order valence-corrected chi connectivity index (χ1v) is 3.85. The van der Waals surface area contributed by atoms with Crippen LogP contribution < -0.4 is 4.57 Å². The van der Waals surface area contributed by atoms with Gasteiger partial charge >= 0.3 is 5.65 Å². The van der Waals surface area contributed by atoms with Gasteiger partial charge in [-0.05, 0) is 13.0 Å². The first-order valence-electron chi connectivity index (χ1n) is 3.85. The van der Waals surface area contributed by atoms with E-state index < -0.39 is 0 Å². The molecule has 2 aromatic heterocycles. The second-order valence-corrected chi connectivity index (χ2v) is 2.99. The van der Waals surface area contributed by atoms with Crippen LogP contribution in [0.1, 0.15) is 5.56 Å². The molecule has 0 aliphatic carbocycles. The second-order valence-electron chi connectivity index (χ2n) is 2.99. The maximum absolute atomic E-state index is 9.69. The summed E-state index contributed by atoms with van der Waals surface area (Å²) in [5.74, 6) is 0.352. The zero-order chi connectivity index (χ0) is 8.72. The first-order chi connectivity index (χ1) is 5.70. The van der Waals surface area contributed by atoms with Gasteiger partial charge in [0.1, 0.15) is 12.4 Å².